The van der Waals surface area contributed by atoms with Gasteiger partial charge in [-0.25, -0.2) is 14.0 Å². The van der Waals surface area contributed by atoms with Crippen LogP contribution in [0.3, 0.4) is 0 Å². The van der Waals surface area contributed by atoms with Crippen LogP contribution in [0, 0.1) is 0 Å². The lowest BCUT2D eigenvalue weighted by Gasteiger charge is -2.37. The molecule has 29 heavy (non-hydrogen) atoms. The highest BCUT2D eigenvalue weighted by Crippen LogP contribution is 2.24. The summed E-state index contributed by atoms with van der Waals surface area (Å²) in [6.07, 6.45) is -1.68. The van der Waals surface area contributed by atoms with Crippen molar-refractivity contribution in [1.29, 1.82) is 0 Å². The first-order valence-corrected chi connectivity index (χ1v) is 9.64. The number of carbonyl (C=O) groups is 3. The molecule has 0 aromatic heterocycles. The summed E-state index contributed by atoms with van der Waals surface area (Å²) in [4.78, 5) is 38.1. The van der Waals surface area contributed by atoms with Crippen molar-refractivity contribution in [3.8, 4) is 0 Å². The Morgan fingerprint density at radius 1 is 1.21 bits per heavy atom. The number of hydrogen-bond acceptors (Lipinski definition) is 5. The van der Waals surface area contributed by atoms with Crippen LogP contribution in [0.25, 0.3) is 0 Å². The molecule has 0 bridgehead atoms. The molecular weight excluding hydrogens is 379 g/mol. The number of methoxy groups -OCH3 is 1. The maximum absolute atomic E-state index is 14.0. The normalized spacial score (nSPS) is 20.6. The molecule has 1 N–H and O–H groups in total. The van der Waals surface area contributed by atoms with Crippen LogP contribution >= 0.6 is 0 Å². The Kier molecular flexibility index (Phi) is 7.21. The highest BCUT2D eigenvalue weighted by atomic mass is 19.1. The Balaban J connectivity index is 2.09. The zero-order chi connectivity index (χ0) is 21.8. The zero-order valence-electron chi connectivity index (χ0n) is 17.5. The van der Waals surface area contributed by atoms with Gasteiger partial charge in [-0.1, -0.05) is 12.1 Å². The third kappa shape index (κ3) is 6.17. The predicted octanol–water partition coefficient (Wildman–Crippen LogP) is 3.39. The largest absolute Gasteiger partial charge is 0.465 e. The molecule has 2 amide bonds. The Labute approximate surface area is 170 Å². The number of esters is 1. The van der Waals surface area contributed by atoms with Gasteiger partial charge in [-0.05, 0) is 51.8 Å². The second kappa shape index (κ2) is 9.24. The van der Waals surface area contributed by atoms with Crippen LogP contribution in [-0.2, 0) is 14.3 Å². The maximum atomic E-state index is 14.0. The lowest BCUT2D eigenvalue weighted by atomic mass is 9.99. The fourth-order valence-corrected chi connectivity index (χ4v) is 3.13. The summed E-state index contributed by atoms with van der Waals surface area (Å²) in [5.74, 6) is -0.889. The number of piperidine rings is 1. The van der Waals surface area contributed by atoms with Crippen molar-refractivity contribution in [3.63, 3.8) is 0 Å². The molecule has 8 heteroatoms. The average molecular weight is 408 g/mol. The van der Waals surface area contributed by atoms with Gasteiger partial charge >= 0.3 is 12.1 Å². The first kappa shape index (κ1) is 22.6. The average Bonchev–Trinajstić information content (AvgIpc) is 2.65. The number of amides is 2. The summed E-state index contributed by atoms with van der Waals surface area (Å²) in [6.45, 7) is 7.11. The molecule has 0 radical (unpaired) electrons. The van der Waals surface area contributed by atoms with Gasteiger partial charge in [0.05, 0.1) is 18.7 Å². The standard InChI is InChI=1S/C21H29FN2O5/c1-13(14-6-8-15(9-7-14)19(26)28-5)23-18(25)17-12-16(22)10-11-24(17)20(27)29-21(2,3)4/h6-9,13,16-17H,10-12H2,1-5H3,(H,23,25)/t13-,16?,17?/m0/s1. The van der Waals surface area contributed by atoms with Crippen LogP contribution in [0.4, 0.5) is 9.18 Å². The zero-order valence-corrected chi connectivity index (χ0v) is 17.5. The number of alkyl halides is 1. The first-order valence-electron chi connectivity index (χ1n) is 9.64. The first-order chi connectivity index (χ1) is 13.5. The molecule has 3 atom stereocenters. The summed E-state index contributed by atoms with van der Waals surface area (Å²) in [6, 6.07) is 5.30. The summed E-state index contributed by atoms with van der Waals surface area (Å²) < 4.78 is 24.0. The van der Waals surface area contributed by atoms with Crippen LogP contribution in [0.5, 0.6) is 0 Å². The molecule has 7 nitrogen and oxygen atoms in total. The van der Waals surface area contributed by atoms with Gasteiger partial charge in [-0.2, -0.15) is 0 Å². The molecule has 0 aliphatic carbocycles. The molecule has 1 saturated heterocycles. The van der Waals surface area contributed by atoms with Gasteiger partial charge in [0, 0.05) is 13.0 Å². The molecule has 1 heterocycles. The minimum absolute atomic E-state index is 0.0704. The van der Waals surface area contributed by atoms with Crippen LogP contribution < -0.4 is 5.32 Å². The fourth-order valence-electron chi connectivity index (χ4n) is 3.13. The van der Waals surface area contributed by atoms with Crippen molar-refractivity contribution in [2.45, 2.75) is 64.4 Å². The third-order valence-electron chi connectivity index (χ3n) is 4.66. The number of carbonyl (C=O) groups excluding carboxylic acids is 3. The molecule has 160 valence electrons. The van der Waals surface area contributed by atoms with E-state index in [1.54, 1.807) is 52.0 Å². The molecule has 1 aliphatic heterocycles. The van der Waals surface area contributed by atoms with Crippen molar-refractivity contribution < 1.29 is 28.2 Å². The summed E-state index contributed by atoms with van der Waals surface area (Å²) in [5.41, 5.74) is 0.458. The minimum atomic E-state index is -1.15. The number of likely N-dealkylation sites (tertiary alicyclic amines) is 1. The van der Waals surface area contributed by atoms with E-state index in [1.165, 1.54) is 12.0 Å². The van der Waals surface area contributed by atoms with E-state index in [0.717, 1.165) is 5.56 Å². The van der Waals surface area contributed by atoms with E-state index < -0.39 is 41.8 Å². The summed E-state index contributed by atoms with van der Waals surface area (Å²) in [5, 5.41) is 2.83. The van der Waals surface area contributed by atoms with Crippen molar-refractivity contribution >= 4 is 18.0 Å². The van der Waals surface area contributed by atoms with Gasteiger partial charge < -0.3 is 14.8 Å². The van der Waals surface area contributed by atoms with Gasteiger partial charge in [0.2, 0.25) is 5.91 Å². The molecule has 0 saturated carbocycles. The maximum Gasteiger partial charge on any atom is 0.410 e. The molecule has 1 aromatic carbocycles. The van der Waals surface area contributed by atoms with E-state index in [2.05, 4.69) is 10.1 Å². The predicted molar refractivity (Wildman–Crippen MR) is 105 cm³/mol. The number of halogens is 1. The van der Waals surface area contributed by atoms with Crippen molar-refractivity contribution in [1.82, 2.24) is 10.2 Å². The smallest absolute Gasteiger partial charge is 0.410 e. The lowest BCUT2D eigenvalue weighted by Crippen LogP contribution is -2.55. The number of rotatable bonds is 4. The van der Waals surface area contributed by atoms with E-state index in [-0.39, 0.29) is 19.4 Å². The summed E-state index contributed by atoms with van der Waals surface area (Å²) in [7, 11) is 1.30. The van der Waals surface area contributed by atoms with Crippen molar-refractivity contribution in [2.24, 2.45) is 0 Å². The van der Waals surface area contributed by atoms with Crippen LogP contribution in [0.2, 0.25) is 0 Å². The lowest BCUT2D eigenvalue weighted by molar-refractivity contribution is -0.129. The van der Waals surface area contributed by atoms with Gasteiger partial charge in [0.25, 0.3) is 0 Å². The molecule has 2 unspecified atom stereocenters. The van der Waals surface area contributed by atoms with Crippen LogP contribution in [0.15, 0.2) is 24.3 Å². The SMILES string of the molecule is COC(=O)c1ccc([C@H](C)NC(=O)C2CC(F)CCN2C(=O)OC(C)(C)C)cc1. The minimum Gasteiger partial charge on any atom is -0.465 e. The molecule has 1 aliphatic rings. The highest BCUT2D eigenvalue weighted by molar-refractivity contribution is 5.89. The molecule has 1 aromatic rings. The second-order valence-corrected chi connectivity index (χ2v) is 8.16. The van der Waals surface area contributed by atoms with Crippen molar-refractivity contribution in [2.75, 3.05) is 13.7 Å². The Hall–Kier alpha value is -2.64. The fraction of sp³-hybridized carbons (Fsp3) is 0.571. The molecule has 2 rings (SSSR count). The Morgan fingerprint density at radius 2 is 1.83 bits per heavy atom. The van der Waals surface area contributed by atoms with Gasteiger partial charge in [0.1, 0.15) is 17.8 Å². The van der Waals surface area contributed by atoms with Crippen molar-refractivity contribution in [3.05, 3.63) is 35.4 Å². The Bertz CT molecular complexity index is 744. The van der Waals surface area contributed by atoms with E-state index >= 15 is 0 Å². The number of hydrogen-bond donors (Lipinski definition) is 1. The molecular formula is C21H29FN2O5. The summed E-state index contributed by atoms with van der Waals surface area (Å²) >= 11 is 0. The number of benzene rings is 1. The van der Waals surface area contributed by atoms with Gasteiger partial charge in [0.15, 0.2) is 0 Å². The molecule has 1 fully saturated rings. The third-order valence-corrected chi connectivity index (χ3v) is 4.66. The monoisotopic (exact) mass is 408 g/mol. The topological polar surface area (TPSA) is 84.9 Å². The molecule has 0 spiro atoms. The second-order valence-electron chi connectivity index (χ2n) is 8.16. The van der Waals surface area contributed by atoms with E-state index in [0.29, 0.717) is 5.56 Å². The Morgan fingerprint density at radius 3 is 2.38 bits per heavy atom. The van der Waals surface area contributed by atoms with E-state index in [9.17, 15) is 18.8 Å². The number of nitrogens with one attached hydrogen (secondary N) is 1. The number of nitrogens with zero attached hydrogens (tertiary/aromatic N) is 1. The van der Waals surface area contributed by atoms with Gasteiger partial charge in [-0.15, -0.1) is 0 Å². The quantitative estimate of drug-likeness (QED) is 0.772. The number of ether oxygens (including phenoxy) is 2. The van der Waals surface area contributed by atoms with Gasteiger partial charge in [-0.3, -0.25) is 9.69 Å². The highest BCUT2D eigenvalue weighted by Gasteiger charge is 2.38. The van der Waals surface area contributed by atoms with E-state index in [1.807, 2.05) is 0 Å². The van der Waals surface area contributed by atoms with E-state index in [4.69, 9.17) is 4.74 Å². The van der Waals surface area contributed by atoms with Crippen LogP contribution in [-0.4, -0.2) is 54.3 Å². The van der Waals surface area contributed by atoms with Crippen LogP contribution in [0.1, 0.15) is 62.5 Å².